The lowest BCUT2D eigenvalue weighted by atomic mass is 9.94. The van der Waals surface area contributed by atoms with E-state index in [1.807, 2.05) is 11.8 Å². The van der Waals surface area contributed by atoms with E-state index in [0.717, 1.165) is 30.3 Å². The minimum absolute atomic E-state index is 0.139. The average Bonchev–Trinajstić information content (AvgIpc) is 2.86. The molecule has 0 bridgehead atoms. The molecule has 0 saturated carbocycles. The Morgan fingerprint density at radius 3 is 2.59 bits per heavy atom. The fourth-order valence-corrected chi connectivity index (χ4v) is 4.72. The molecule has 0 aromatic heterocycles. The second-order valence-electron chi connectivity index (χ2n) is 7.94. The smallest absolute Gasteiger partial charge is 0.137 e. The Morgan fingerprint density at radius 2 is 1.79 bits per heavy atom. The maximum atomic E-state index is 5.86. The Hall–Kier alpha value is -2.43. The quantitative estimate of drug-likeness (QED) is 0.639. The summed E-state index contributed by atoms with van der Waals surface area (Å²) in [4.78, 5) is 2.75. The summed E-state index contributed by atoms with van der Waals surface area (Å²) in [6.45, 7) is 3.89. The highest BCUT2D eigenvalue weighted by molar-refractivity contribution is 7.98. The van der Waals surface area contributed by atoms with Crippen LogP contribution in [0, 0.1) is 6.92 Å². The van der Waals surface area contributed by atoms with Crippen LogP contribution in [0.4, 0.5) is 5.69 Å². The van der Waals surface area contributed by atoms with Gasteiger partial charge in [-0.25, -0.2) is 0 Å². The molecular weight excluding hydrogens is 376 g/mol. The number of hydrogen-bond donors (Lipinski definition) is 2. The van der Waals surface area contributed by atoms with Crippen molar-refractivity contribution in [1.29, 1.82) is 0 Å². The van der Waals surface area contributed by atoms with Crippen LogP contribution in [0.3, 0.4) is 0 Å². The van der Waals surface area contributed by atoms with Crippen LogP contribution in [0.15, 0.2) is 71.6 Å². The van der Waals surface area contributed by atoms with E-state index >= 15 is 0 Å². The zero-order valence-electron chi connectivity index (χ0n) is 17.4. The number of anilines is 1. The Morgan fingerprint density at radius 1 is 1.00 bits per heavy atom. The van der Waals surface area contributed by atoms with Crippen LogP contribution in [0.5, 0.6) is 5.75 Å². The van der Waals surface area contributed by atoms with Crippen molar-refractivity contribution in [3.05, 3.63) is 89.0 Å². The first-order valence-electron chi connectivity index (χ1n) is 10.2. The van der Waals surface area contributed by atoms with Crippen molar-refractivity contribution in [2.75, 3.05) is 32.6 Å². The zero-order valence-corrected chi connectivity index (χ0v) is 18.2. The largest absolute Gasteiger partial charge is 0.488 e. The van der Waals surface area contributed by atoms with Crippen molar-refractivity contribution in [2.24, 2.45) is 0 Å². The van der Waals surface area contributed by atoms with Gasteiger partial charge in [-0.3, -0.25) is 0 Å². The summed E-state index contributed by atoms with van der Waals surface area (Å²) >= 11 is 1.93. The number of fused-ring (bicyclic) bond motifs is 2. The molecule has 1 atom stereocenters. The molecule has 3 aromatic rings. The molecule has 0 unspecified atom stereocenters. The van der Waals surface area contributed by atoms with Gasteiger partial charge in [-0.1, -0.05) is 42.0 Å². The van der Waals surface area contributed by atoms with Gasteiger partial charge in [-0.05, 0) is 53.9 Å². The lowest BCUT2D eigenvalue weighted by Gasteiger charge is -2.23. The van der Waals surface area contributed by atoms with Crippen LogP contribution in [0.2, 0.25) is 0 Å². The van der Waals surface area contributed by atoms with E-state index in [2.05, 4.69) is 93.1 Å². The van der Waals surface area contributed by atoms with Gasteiger partial charge < -0.3 is 15.0 Å². The molecule has 0 saturated heterocycles. The second-order valence-corrected chi connectivity index (χ2v) is 8.95. The predicted octanol–water partition coefficient (Wildman–Crippen LogP) is 4.33. The Kier molecular flexibility index (Phi) is 6.12. The number of hydrogen-bond acceptors (Lipinski definition) is 3. The third-order valence-corrected chi connectivity index (χ3v) is 6.40. The van der Waals surface area contributed by atoms with Crippen molar-refractivity contribution in [3.63, 3.8) is 0 Å². The molecular formula is C25H29N2OS+. The number of benzene rings is 3. The molecule has 1 aliphatic heterocycles. The Balaban J connectivity index is 1.60. The van der Waals surface area contributed by atoms with E-state index in [0.29, 0.717) is 0 Å². The number of likely N-dealkylation sites (N-methyl/N-ethyl adjacent to an activating group) is 1. The number of quaternary nitrogens is 1. The number of ether oxygens (including phenoxy) is 1. The van der Waals surface area contributed by atoms with Gasteiger partial charge >= 0.3 is 0 Å². The molecule has 4 rings (SSSR count). The topological polar surface area (TPSA) is 25.7 Å². The monoisotopic (exact) mass is 405 g/mol. The minimum atomic E-state index is 0.139. The standard InChI is InChI=1S/C25H28N2OS/c1-18-8-13-24-23(16-18)25(22-7-5-4-6-19(22)17-29-24)26-20-9-11-21(12-10-20)28-15-14-27(2)3/h4-13,16,25-26H,14-15,17H2,1-3H3/p+1/t25-/m0/s1. The van der Waals surface area contributed by atoms with E-state index in [9.17, 15) is 0 Å². The van der Waals surface area contributed by atoms with Gasteiger partial charge in [0, 0.05) is 16.3 Å². The molecule has 0 spiro atoms. The maximum absolute atomic E-state index is 5.86. The molecule has 0 aliphatic carbocycles. The number of nitrogens with one attached hydrogen (secondary N) is 2. The first kappa shape index (κ1) is 19.9. The Labute approximate surface area is 178 Å². The second kappa shape index (κ2) is 8.93. The summed E-state index contributed by atoms with van der Waals surface area (Å²) in [5, 5.41) is 3.79. The average molecular weight is 406 g/mol. The Bertz CT molecular complexity index is 969. The summed E-state index contributed by atoms with van der Waals surface area (Å²) in [6.07, 6.45) is 0. The third-order valence-electron chi connectivity index (χ3n) is 5.26. The third kappa shape index (κ3) is 4.77. The van der Waals surface area contributed by atoms with Gasteiger partial charge in [0.25, 0.3) is 0 Å². The predicted molar refractivity (Wildman–Crippen MR) is 122 cm³/mol. The van der Waals surface area contributed by atoms with Crippen molar-refractivity contribution in [3.8, 4) is 5.75 Å². The van der Waals surface area contributed by atoms with Crippen molar-refractivity contribution < 1.29 is 9.64 Å². The number of thioether (sulfide) groups is 1. The van der Waals surface area contributed by atoms with Crippen LogP contribution in [0.25, 0.3) is 0 Å². The molecule has 29 heavy (non-hydrogen) atoms. The molecule has 0 amide bonds. The molecule has 3 aromatic carbocycles. The van der Waals surface area contributed by atoms with Gasteiger partial charge in [0.15, 0.2) is 0 Å². The molecule has 4 heteroatoms. The van der Waals surface area contributed by atoms with Crippen LogP contribution in [0.1, 0.15) is 28.3 Å². The lowest BCUT2D eigenvalue weighted by Crippen LogP contribution is -3.06. The number of rotatable bonds is 6. The summed E-state index contributed by atoms with van der Waals surface area (Å²) < 4.78 is 5.86. The van der Waals surface area contributed by atoms with Crippen molar-refractivity contribution >= 4 is 17.4 Å². The lowest BCUT2D eigenvalue weighted by molar-refractivity contribution is -0.858. The molecule has 2 N–H and O–H groups in total. The van der Waals surface area contributed by atoms with Crippen molar-refractivity contribution in [2.45, 2.75) is 23.6 Å². The van der Waals surface area contributed by atoms with E-state index < -0.39 is 0 Å². The SMILES string of the molecule is Cc1ccc2c(c1)[C@@H](Nc1ccc(OCC[NH+](C)C)cc1)c1ccccc1CS2. The minimum Gasteiger partial charge on any atom is -0.488 e. The molecule has 1 heterocycles. The van der Waals surface area contributed by atoms with Crippen LogP contribution >= 0.6 is 11.8 Å². The highest BCUT2D eigenvalue weighted by Gasteiger charge is 2.24. The van der Waals surface area contributed by atoms with E-state index in [-0.39, 0.29) is 6.04 Å². The van der Waals surface area contributed by atoms with Gasteiger partial charge in [0.2, 0.25) is 0 Å². The van der Waals surface area contributed by atoms with Crippen LogP contribution in [-0.4, -0.2) is 27.2 Å². The first-order chi connectivity index (χ1) is 14.1. The van der Waals surface area contributed by atoms with Gasteiger partial charge in [0.1, 0.15) is 18.9 Å². The van der Waals surface area contributed by atoms with Gasteiger partial charge in [0.05, 0.1) is 20.1 Å². The summed E-state index contributed by atoms with van der Waals surface area (Å²) in [5.74, 6) is 1.93. The summed E-state index contributed by atoms with van der Waals surface area (Å²) in [6, 6.07) is 24.1. The van der Waals surface area contributed by atoms with E-state index in [1.165, 1.54) is 32.0 Å². The van der Waals surface area contributed by atoms with Crippen LogP contribution < -0.4 is 15.0 Å². The molecule has 0 fully saturated rings. The van der Waals surface area contributed by atoms with Crippen LogP contribution in [-0.2, 0) is 5.75 Å². The fraction of sp³-hybridized carbons (Fsp3) is 0.280. The van der Waals surface area contributed by atoms with Crippen molar-refractivity contribution in [1.82, 2.24) is 0 Å². The maximum Gasteiger partial charge on any atom is 0.137 e. The van der Waals surface area contributed by atoms with E-state index in [4.69, 9.17) is 4.74 Å². The summed E-state index contributed by atoms with van der Waals surface area (Å²) in [7, 11) is 4.28. The first-order valence-corrected chi connectivity index (χ1v) is 11.2. The molecule has 0 radical (unpaired) electrons. The molecule has 3 nitrogen and oxygen atoms in total. The molecule has 1 aliphatic rings. The summed E-state index contributed by atoms with van der Waals surface area (Å²) in [5.41, 5.74) is 6.51. The normalized spacial score (nSPS) is 15.4. The van der Waals surface area contributed by atoms with Gasteiger partial charge in [-0.15, -0.1) is 11.8 Å². The fourth-order valence-electron chi connectivity index (χ4n) is 3.64. The highest BCUT2D eigenvalue weighted by Crippen LogP contribution is 2.41. The highest BCUT2D eigenvalue weighted by atomic mass is 32.2. The van der Waals surface area contributed by atoms with E-state index in [1.54, 1.807) is 0 Å². The molecule has 150 valence electrons. The number of aryl methyl sites for hydroxylation is 1. The zero-order chi connectivity index (χ0) is 20.2. The van der Waals surface area contributed by atoms with Gasteiger partial charge in [-0.2, -0.15) is 0 Å².